The van der Waals surface area contributed by atoms with Crippen molar-refractivity contribution in [2.24, 2.45) is 0 Å². The molecule has 1 fully saturated rings. The fourth-order valence-electron chi connectivity index (χ4n) is 3.45. The molecule has 1 aromatic rings. The monoisotopic (exact) mass is 283 g/mol. The Hall–Kier alpha value is -1.61. The molecule has 0 radical (unpaired) electrons. The van der Waals surface area contributed by atoms with Gasteiger partial charge in [-0.1, -0.05) is 18.7 Å². The minimum Gasteiger partial charge on any atom is -0.303 e. The van der Waals surface area contributed by atoms with Crippen LogP contribution in [0, 0.1) is 0 Å². The van der Waals surface area contributed by atoms with Crippen LogP contribution in [0.15, 0.2) is 36.7 Å². The summed E-state index contributed by atoms with van der Waals surface area (Å²) in [7, 11) is 0. The zero-order valence-corrected chi connectivity index (χ0v) is 13.0. The maximum atomic E-state index is 4.69. The van der Waals surface area contributed by atoms with Crippen LogP contribution in [0.4, 0.5) is 0 Å². The number of hydrogen-bond acceptors (Lipinski definition) is 2. The molecule has 112 valence electrons. The largest absolute Gasteiger partial charge is 0.303 e. The number of rotatable bonds is 5. The first kappa shape index (κ1) is 14.3. The molecule has 2 aliphatic rings. The molecule has 1 aromatic heterocycles. The smallest absolute Gasteiger partial charge is 0.0997 e. The van der Waals surface area contributed by atoms with E-state index >= 15 is 0 Å². The highest BCUT2D eigenvalue weighted by Gasteiger charge is 2.20. The molecule has 3 rings (SSSR count). The molecule has 0 unspecified atom stereocenters. The van der Waals surface area contributed by atoms with Crippen molar-refractivity contribution in [3.05, 3.63) is 48.1 Å². The van der Waals surface area contributed by atoms with Crippen molar-refractivity contribution < 1.29 is 0 Å². The van der Waals surface area contributed by atoms with E-state index in [4.69, 9.17) is 4.98 Å². The maximum Gasteiger partial charge on any atom is 0.0997 e. The highest BCUT2D eigenvalue weighted by molar-refractivity contribution is 5.66. The number of fused-ring (bicyclic) bond motifs is 1. The van der Waals surface area contributed by atoms with Crippen molar-refractivity contribution in [2.45, 2.75) is 39.0 Å². The van der Waals surface area contributed by atoms with Gasteiger partial charge in [0, 0.05) is 24.4 Å². The van der Waals surface area contributed by atoms with Crippen LogP contribution >= 0.6 is 0 Å². The number of imidazole rings is 1. The van der Waals surface area contributed by atoms with Crippen molar-refractivity contribution >= 4 is 5.70 Å². The van der Waals surface area contributed by atoms with Gasteiger partial charge in [-0.15, -0.1) is 0 Å². The molecule has 0 aromatic carbocycles. The Morgan fingerprint density at radius 2 is 2.10 bits per heavy atom. The van der Waals surface area contributed by atoms with Crippen LogP contribution in [-0.4, -0.2) is 34.1 Å². The molecular weight excluding hydrogens is 258 g/mol. The van der Waals surface area contributed by atoms with Crippen LogP contribution in [0.3, 0.4) is 0 Å². The van der Waals surface area contributed by atoms with Gasteiger partial charge in [-0.05, 0) is 57.3 Å². The molecular formula is C18H25N3. The van der Waals surface area contributed by atoms with Gasteiger partial charge in [-0.25, -0.2) is 4.98 Å². The SMILES string of the molecule is C=CC1=C(/C=C\C)n2cnc(CCN3CCCC3)c2CC1. The molecule has 0 aliphatic carbocycles. The molecule has 1 saturated heterocycles. The summed E-state index contributed by atoms with van der Waals surface area (Å²) in [5.74, 6) is 0. The summed E-state index contributed by atoms with van der Waals surface area (Å²) in [5.41, 5.74) is 5.25. The molecule has 3 nitrogen and oxygen atoms in total. The number of hydrogen-bond donors (Lipinski definition) is 0. The Balaban J connectivity index is 1.81. The fraction of sp³-hybridized carbons (Fsp3) is 0.500. The predicted molar refractivity (Wildman–Crippen MR) is 88.2 cm³/mol. The zero-order valence-electron chi connectivity index (χ0n) is 13.0. The van der Waals surface area contributed by atoms with Crippen LogP contribution in [0.5, 0.6) is 0 Å². The third-order valence-corrected chi connectivity index (χ3v) is 4.61. The topological polar surface area (TPSA) is 21.1 Å². The first-order valence-electron chi connectivity index (χ1n) is 8.09. The van der Waals surface area contributed by atoms with Gasteiger partial charge in [0.05, 0.1) is 12.0 Å². The minimum atomic E-state index is 1.07. The second kappa shape index (κ2) is 6.44. The first-order valence-corrected chi connectivity index (χ1v) is 8.09. The summed E-state index contributed by atoms with van der Waals surface area (Å²) >= 11 is 0. The summed E-state index contributed by atoms with van der Waals surface area (Å²) in [6.45, 7) is 9.70. The third kappa shape index (κ3) is 2.88. The van der Waals surface area contributed by atoms with E-state index in [9.17, 15) is 0 Å². The van der Waals surface area contributed by atoms with E-state index in [0.29, 0.717) is 0 Å². The van der Waals surface area contributed by atoms with Gasteiger partial charge >= 0.3 is 0 Å². The highest BCUT2D eigenvalue weighted by Crippen LogP contribution is 2.28. The molecule has 0 bridgehead atoms. The molecule has 21 heavy (non-hydrogen) atoms. The summed E-state index contributed by atoms with van der Waals surface area (Å²) in [4.78, 5) is 7.26. The zero-order chi connectivity index (χ0) is 14.7. The summed E-state index contributed by atoms with van der Waals surface area (Å²) in [6.07, 6.45) is 14.2. The molecule has 0 saturated carbocycles. The van der Waals surface area contributed by atoms with Crippen molar-refractivity contribution in [2.75, 3.05) is 19.6 Å². The molecule has 3 heteroatoms. The average molecular weight is 283 g/mol. The van der Waals surface area contributed by atoms with Crippen molar-refractivity contribution in [3.8, 4) is 0 Å². The van der Waals surface area contributed by atoms with E-state index in [0.717, 1.165) is 25.8 Å². The van der Waals surface area contributed by atoms with Gasteiger partial charge in [0.25, 0.3) is 0 Å². The lowest BCUT2D eigenvalue weighted by atomic mass is 9.99. The molecule has 0 amide bonds. The van der Waals surface area contributed by atoms with Crippen molar-refractivity contribution in [1.82, 2.24) is 14.5 Å². The molecule has 0 atom stereocenters. The molecule has 0 N–H and O–H groups in total. The van der Waals surface area contributed by atoms with Crippen LogP contribution in [-0.2, 0) is 12.8 Å². The lowest BCUT2D eigenvalue weighted by molar-refractivity contribution is 0.342. The van der Waals surface area contributed by atoms with Crippen molar-refractivity contribution in [3.63, 3.8) is 0 Å². The van der Waals surface area contributed by atoms with E-state index < -0.39 is 0 Å². The normalized spacial score (nSPS) is 19.5. The number of aromatic nitrogens is 2. The Labute approximate surface area is 127 Å². The molecule has 0 spiro atoms. The first-order chi connectivity index (χ1) is 10.3. The Morgan fingerprint density at radius 3 is 2.81 bits per heavy atom. The Bertz CT molecular complexity index is 571. The van der Waals surface area contributed by atoms with Gasteiger partial charge < -0.3 is 9.47 Å². The van der Waals surface area contributed by atoms with Crippen molar-refractivity contribution in [1.29, 1.82) is 0 Å². The summed E-state index contributed by atoms with van der Waals surface area (Å²) in [5, 5.41) is 0. The maximum absolute atomic E-state index is 4.69. The van der Waals surface area contributed by atoms with E-state index in [-0.39, 0.29) is 0 Å². The van der Waals surface area contributed by atoms with E-state index in [1.54, 1.807) is 0 Å². The van der Waals surface area contributed by atoms with E-state index in [1.165, 1.54) is 48.6 Å². The standard InChI is InChI=1S/C18H25N3/c1-3-7-17-15(4-2)8-9-18-16(19-14-21(17)18)10-13-20-11-5-6-12-20/h3-4,7,14H,2,5-6,8-13H2,1H3/b7-3-. The van der Waals surface area contributed by atoms with Crippen LogP contribution in [0.25, 0.3) is 5.70 Å². The fourth-order valence-corrected chi connectivity index (χ4v) is 3.45. The molecule has 3 heterocycles. The van der Waals surface area contributed by atoms with Gasteiger partial charge in [-0.2, -0.15) is 0 Å². The van der Waals surface area contributed by atoms with Gasteiger partial charge in [0.1, 0.15) is 0 Å². The van der Waals surface area contributed by atoms with Gasteiger partial charge in [0.15, 0.2) is 0 Å². The Kier molecular flexibility index (Phi) is 4.39. The van der Waals surface area contributed by atoms with Crippen LogP contribution in [0.2, 0.25) is 0 Å². The lowest BCUT2D eigenvalue weighted by Gasteiger charge is -2.20. The van der Waals surface area contributed by atoms with Crippen LogP contribution in [0.1, 0.15) is 37.6 Å². The quantitative estimate of drug-likeness (QED) is 0.825. The number of nitrogens with zero attached hydrogens (tertiary/aromatic N) is 3. The highest BCUT2D eigenvalue weighted by atomic mass is 15.1. The Morgan fingerprint density at radius 1 is 1.29 bits per heavy atom. The number of likely N-dealkylation sites (tertiary alicyclic amines) is 1. The number of allylic oxidation sites excluding steroid dienone is 5. The van der Waals surface area contributed by atoms with Gasteiger partial charge in [0.2, 0.25) is 0 Å². The average Bonchev–Trinajstić information content (AvgIpc) is 3.15. The van der Waals surface area contributed by atoms with Crippen LogP contribution < -0.4 is 0 Å². The van der Waals surface area contributed by atoms with Gasteiger partial charge in [-0.3, -0.25) is 0 Å². The lowest BCUT2D eigenvalue weighted by Crippen LogP contribution is -2.22. The van der Waals surface area contributed by atoms with E-state index in [1.807, 2.05) is 12.4 Å². The summed E-state index contributed by atoms with van der Waals surface area (Å²) < 4.78 is 2.26. The predicted octanol–water partition coefficient (Wildman–Crippen LogP) is 3.44. The van der Waals surface area contributed by atoms with E-state index in [2.05, 4.69) is 35.1 Å². The second-order valence-corrected chi connectivity index (χ2v) is 5.92. The minimum absolute atomic E-state index is 1.07. The second-order valence-electron chi connectivity index (χ2n) is 5.92. The molecule has 2 aliphatic heterocycles. The third-order valence-electron chi connectivity index (χ3n) is 4.61. The summed E-state index contributed by atoms with van der Waals surface area (Å²) in [6, 6.07) is 0.